The number of hydrogen-bond donors (Lipinski definition) is 0. The Labute approximate surface area is 176 Å². The Kier molecular flexibility index (Phi) is 5.58. The molecular weight excluding hydrogens is 489 g/mol. The van der Waals surface area contributed by atoms with Gasteiger partial charge in [0.1, 0.15) is 17.3 Å². The van der Waals surface area contributed by atoms with Crippen LogP contribution in [-0.4, -0.2) is 37.2 Å². The van der Waals surface area contributed by atoms with Crippen molar-refractivity contribution >= 4 is 49.3 Å². The van der Waals surface area contributed by atoms with Crippen LogP contribution in [0.3, 0.4) is 0 Å². The van der Waals surface area contributed by atoms with E-state index < -0.39 is 15.8 Å². The number of Topliss-reactive ketones (excluding diaryl/α,β-unsaturated/α-hetero) is 1. The van der Waals surface area contributed by atoms with E-state index in [0.29, 0.717) is 10.9 Å². The van der Waals surface area contributed by atoms with Crippen molar-refractivity contribution in [2.75, 3.05) is 14.1 Å². The Morgan fingerprint density at radius 3 is 2.43 bits per heavy atom. The van der Waals surface area contributed by atoms with Crippen molar-refractivity contribution in [3.8, 4) is 6.07 Å². The Morgan fingerprint density at radius 1 is 1.14 bits per heavy atom. The Bertz CT molecular complexity index is 1240. The van der Waals surface area contributed by atoms with Crippen molar-refractivity contribution in [1.29, 1.82) is 5.26 Å². The van der Waals surface area contributed by atoms with Gasteiger partial charge in [-0.15, -0.1) is 0 Å². The normalized spacial score (nSPS) is 12.0. The van der Waals surface area contributed by atoms with Gasteiger partial charge in [-0.05, 0) is 52.9 Å². The second kappa shape index (κ2) is 7.77. The van der Waals surface area contributed by atoms with Gasteiger partial charge in [0, 0.05) is 29.3 Å². The predicted octanol–water partition coefficient (Wildman–Crippen LogP) is 3.63. The number of ketones is 1. The predicted molar refractivity (Wildman–Crippen MR) is 115 cm³/mol. The quantitative estimate of drug-likeness (QED) is 0.229. The van der Waals surface area contributed by atoms with Crippen LogP contribution in [0.4, 0.5) is 0 Å². The van der Waals surface area contributed by atoms with Gasteiger partial charge in [0.15, 0.2) is 0 Å². The fourth-order valence-corrected chi connectivity index (χ4v) is 4.98. The molecule has 0 aliphatic rings. The molecule has 0 saturated heterocycles. The lowest BCUT2D eigenvalue weighted by atomic mass is 10.1. The molecule has 28 heavy (non-hydrogen) atoms. The average molecular weight is 505 g/mol. The summed E-state index contributed by atoms with van der Waals surface area (Å²) in [5.74, 6) is -0.650. The van der Waals surface area contributed by atoms with E-state index in [2.05, 4.69) is 22.6 Å². The third-order valence-electron chi connectivity index (χ3n) is 4.01. The molecule has 0 atom stereocenters. The minimum absolute atomic E-state index is 0.0653. The summed E-state index contributed by atoms with van der Waals surface area (Å²) in [6, 6.07) is 16.5. The zero-order valence-electron chi connectivity index (χ0n) is 15.1. The van der Waals surface area contributed by atoms with Crippen molar-refractivity contribution < 1.29 is 13.2 Å². The van der Waals surface area contributed by atoms with E-state index in [-0.39, 0.29) is 16.2 Å². The average Bonchev–Trinajstić information content (AvgIpc) is 3.08. The number of rotatable bonds is 5. The molecule has 0 bridgehead atoms. The van der Waals surface area contributed by atoms with Crippen LogP contribution >= 0.6 is 22.6 Å². The standard InChI is InChI=1S/C20H16IN3O3S/c1-23(2)13-14(12-22)20(25)19-11-16-17(21)9-6-10-18(16)24(19)28(26,27)15-7-4-3-5-8-15/h3-11,13H,1-2H3. The van der Waals surface area contributed by atoms with Gasteiger partial charge in [0.2, 0.25) is 5.78 Å². The number of benzene rings is 2. The zero-order chi connectivity index (χ0) is 20.5. The van der Waals surface area contributed by atoms with Crippen molar-refractivity contribution in [3.05, 3.63) is 75.6 Å². The summed E-state index contributed by atoms with van der Waals surface area (Å²) in [6.45, 7) is 0. The molecule has 0 fully saturated rings. The molecule has 6 nitrogen and oxygen atoms in total. The largest absolute Gasteiger partial charge is 0.382 e. The van der Waals surface area contributed by atoms with Crippen LogP contribution in [0.2, 0.25) is 0 Å². The Balaban J connectivity index is 2.37. The van der Waals surface area contributed by atoms with Gasteiger partial charge in [-0.2, -0.15) is 5.26 Å². The highest BCUT2D eigenvalue weighted by Crippen LogP contribution is 2.30. The molecule has 1 aromatic heterocycles. The van der Waals surface area contributed by atoms with Crippen LogP contribution in [0.25, 0.3) is 10.9 Å². The Hall–Kier alpha value is -2.64. The number of aromatic nitrogens is 1. The molecule has 0 saturated carbocycles. The zero-order valence-corrected chi connectivity index (χ0v) is 18.1. The molecule has 3 rings (SSSR count). The molecule has 1 heterocycles. The lowest BCUT2D eigenvalue weighted by Crippen LogP contribution is -2.20. The van der Waals surface area contributed by atoms with Crippen LogP contribution in [0.1, 0.15) is 10.5 Å². The number of halogens is 1. The lowest BCUT2D eigenvalue weighted by molar-refractivity contribution is 0.103. The number of allylic oxidation sites excluding steroid dienone is 1. The molecule has 0 aliphatic carbocycles. The summed E-state index contributed by atoms with van der Waals surface area (Å²) in [5, 5.41) is 10.1. The van der Waals surface area contributed by atoms with E-state index in [1.54, 1.807) is 49.3 Å². The summed E-state index contributed by atoms with van der Waals surface area (Å²) in [7, 11) is -0.674. The van der Waals surface area contributed by atoms with Crippen molar-refractivity contribution in [2.24, 2.45) is 0 Å². The molecule has 8 heteroatoms. The molecule has 2 aromatic carbocycles. The lowest BCUT2D eigenvalue weighted by Gasteiger charge is -2.12. The van der Waals surface area contributed by atoms with Crippen LogP contribution < -0.4 is 0 Å². The number of nitrogens with zero attached hydrogens (tertiary/aromatic N) is 3. The molecule has 142 valence electrons. The Morgan fingerprint density at radius 2 is 1.82 bits per heavy atom. The minimum Gasteiger partial charge on any atom is -0.382 e. The summed E-state index contributed by atoms with van der Waals surface area (Å²) in [5.41, 5.74) is 0.172. The first-order valence-electron chi connectivity index (χ1n) is 8.21. The van der Waals surface area contributed by atoms with Gasteiger partial charge in [0.25, 0.3) is 10.0 Å². The van der Waals surface area contributed by atoms with Gasteiger partial charge in [-0.3, -0.25) is 4.79 Å². The van der Waals surface area contributed by atoms with Crippen molar-refractivity contribution in [3.63, 3.8) is 0 Å². The third kappa shape index (κ3) is 3.55. The maximum atomic E-state index is 13.4. The topological polar surface area (TPSA) is 83.2 Å². The van der Waals surface area contributed by atoms with Crippen molar-refractivity contribution in [1.82, 2.24) is 8.87 Å². The van der Waals surface area contributed by atoms with Crippen LogP contribution in [0, 0.1) is 14.9 Å². The molecule has 0 amide bonds. The second-order valence-electron chi connectivity index (χ2n) is 6.23. The third-order valence-corrected chi connectivity index (χ3v) is 6.70. The molecule has 0 spiro atoms. The summed E-state index contributed by atoms with van der Waals surface area (Å²) in [4.78, 5) is 14.7. The van der Waals surface area contributed by atoms with Gasteiger partial charge in [-0.1, -0.05) is 24.3 Å². The fraction of sp³-hybridized carbons (Fsp3) is 0.100. The summed E-state index contributed by atoms with van der Waals surface area (Å²) in [6.07, 6.45) is 1.38. The highest BCUT2D eigenvalue weighted by Gasteiger charge is 2.28. The second-order valence-corrected chi connectivity index (χ2v) is 9.18. The molecule has 0 aliphatic heterocycles. The molecular formula is C20H16IN3O3S. The van der Waals surface area contributed by atoms with Gasteiger partial charge >= 0.3 is 0 Å². The summed E-state index contributed by atoms with van der Waals surface area (Å²) < 4.78 is 28.6. The first-order chi connectivity index (χ1) is 13.3. The number of hydrogen-bond acceptors (Lipinski definition) is 5. The van der Waals surface area contributed by atoms with E-state index in [4.69, 9.17) is 0 Å². The first-order valence-corrected chi connectivity index (χ1v) is 10.7. The van der Waals surface area contributed by atoms with Crippen LogP contribution in [0.5, 0.6) is 0 Å². The van der Waals surface area contributed by atoms with E-state index in [1.807, 2.05) is 12.1 Å². The number of carbonyl (C=O) groups excluding carboxylic acids is 1. The number of nitriles is 1. The van der Waals surface area contributed by atoms with E-state index in [0.717, 1.165) is 7.54 Å². The molecule has 0 radical (unpaired) electrons. The number of carbonyl (C=O) groups is 1. The highest BCUT2D eigenvalue weighted by molar-refractivity contribution is 14.1. The first kappa shape index (κ1) is 20.1. The number of fused-ring (bicyclic) bond motifs is 1. The SMILES string of the molecule is CN(C)C=C(C#N)C(=O)c1cc2c(I)cccc2n1S(=O)(=O)c1ccccc1. The molecule has 0 N–H and O–H groups in total. The monoisotopic (exact) mass is 505 g/mol. The van der Waals surface area contributed by atoms with Gasteiger partial charge in [-0.25, -0.2) is 12.4 Å². The van der Waals surface area contributed by atoms with Gasteiger partial charge < -0.3 is 4.90 Å². The van der Waals surface area contributed by atoms with Crippen LogP contribution in [0.15, 0.2) is 71.3 Å². The maximum absolute atomic E-state index is 13.4. The van der Waals surface area contributed by atoms with Gasteiger partial charge in [0.05, 0.1) is 10.4 Å². The summed E-state index contributed by atoms with van der Waals surface area (Å²) >= 11 is 2.09. The highest BCUT2D eigenvalue weighted by atomic mass is 127. The fourth-order valence-electron chi connectivity index (χ4n) is 2.82. The van der Waals surface area contributed by atoms with E-state index in [9.17, 15) is 18.5 Å². The smallest absolute Gasteiger partial charge is 0.268 e. The molecule has 3 aromatic rings. The van der Waals surface area contributed by atoms with Crippen LogP contribution in [-0.2, 0) is 10.0 Å². The van der Waals surface area contributed by atoms with E-state index >= 15 is 0 Å². The van der Waals surface area contributed by atoms with E-state index in [1.165, 1.54) is 24.4 Å². The van der Waals surface area contributed by atoms with Crippen molar-refractivity contribution in [2.45, 2.75) is 4.90 Å². The maximum Gasteiger partial charge on any atom is 0.268 e. The molecule has 0 unspecified atom stereocenters. The minimum atomic E-state index is -4.04.